The molecule has 0 saturated heterocycles. The number of fused-ring (bicyclic) bond motifs is 1. The first-order chi connectivity index (χ1) is 8.54. The second-order valence-corrected chi connectivity index (χ2v) is 4.87. The molecule has 0 fully saturated rings. The second-order valence-electron chi connectivity index (χ2n) is 4.87. The van der Waals surface area contributed by atoms with Gasteiger partial charge in [0, 0.05) is 23.3 Å². The Morgan fingerprint density at radius 1 is 1.33 bits per heavy atom. The molecule has 0 aliphatic heterocycles. The number of anilines is 1. The highest BCUT2D eigenvalue weighted by atomic mass is 19.1. The molecule has 2 aromatic rings. The van der Waals surface area contributed by atoms with Crippen LogP contribution in [0.15, 0.2) is 18.2 Å². The summed E-state index contributed by atoms with van der Waals surface area (Å²) in [6, 6.07) is 5.32. The van der Waals surface area contributed by atoms with Gasteiger partial charge in [-0.2, -0.15) is 0 Å². The summed E-state index contributed by atoms with van der Waals surface area (Å²) in [6.45, 7) is 8.97. The summed E-state index contributed by atoms with van der Waals surface area (Å²) in [5.41, 5.74) is 3.41. The van der Waals surface area contributed by atoms with Crippen molar-refractivity contribution in [2.75, 3.05) is 11.9 Å². The van der Waals surface area contributed by atoms with Gasteiger partial charge >= 0.3 is 0 Å². The number of pyridine rings is 1. The largest absolute Gasteiger partial charge is 0.385 e. The molecule has 96 valence electrons. The highest BCUT2D eigenvalue weighted by Crippen LogP contribution is 2.30. The first kappa shape index (κ1) is 12.8. The van der Waals surface area contributed by atoms with Crippen LogP contribution >= 0.6 is 0 Å². The molecule has 0 aliphatic rings. The summed E-state index contributed by atoms with van der Waals surface area (Å²) in [7, 11) is 0. The monoisotopic (exact) mass is 246 g/mol. The van der Waals surface area contributed by atoms with Gasteiger partial charge in [-0.05, 0) is 37.5 Å². The highest BCUT2D eigenvalue weighted by Gasteiger charge is 2.13. The van der Waals surface area contributed by atoms with Crippen molar-refractivity contribution in [3.05, 3.63) is 35.3 Å². The SMILES string of the molecule is CCNc1cc(C(C)C)nc2c(F)ccc(C)c12. The molecule has 18 heavy (non-hydrogen) atoms. The zero-order chi connectivity index (χ0) is 13.3. The van der Waals surface area contributed by atoms with E-state index in [4.69, 9.17) is 0 Å². The van der Waals surface area contributed by atoms with Crippen LogP contribution in [0.4, 0.5) is 10.1 Å². The van der Waals surface area contributed by atoms with Crippen LogP contribution in [0.2, 0.25) is 0 Å². The molecular formula is C15H19FN2. The van der Waals surface area contributed by atoms with E-state index in [1.165, 1.54) is 6.07 Å². The lowest BCUT2D eigenvalue weighted by Crippen LogP contribution is -2.03. The van der Waals surface area contributed by atoms with E-state index in [-0.39, 0.29) is 11.7 Å². The molecule has 0 spiro atoms. The molecule has 0 radical (unpaired) electrons. The number of hydrogen-bond acceptors (Lipinski definition) is 2. The van der Waals surface area contributed by atoms with E-state index in [0.29, 0.717) is 5.52 Å². The summed E-state index contributed by atoms with van der Waals surface area (Å²) in [5.74, 6) is 0.0315. The van der Waals surface area contributed by atoms with Gasteiger partial charge in [-0.1, -0.05) is 19.9 Å². The van der Waals surface area contributed by atoms with Crippen molar-refractivity contribution >= 4 is 16.6 Å². The topological polar surface area (TPSA) is 24.9 Å². The minimum absolute atomic E-state index is 0.253. The fourth-order valence-electron chi connectivity index (χ4n) is 2.12. The third-order valence-corrected chi connectivity index (χ3v) is 3.10. The average Bonchev–Trinajstić information content (AvgIpc) is 2.33. The number of nitrogens with zero attached hydrogens (tertiary/aromatic N) is 1. The van der Waals surface area contributed by atoms with E-state index in [1.807, 2.05) is 19.9 Å². The summed E-state index contributed by atoms with van der Waals surface area (Å²) >= 11 is 0. The Morgan fingerprint density at radius 2 is 2.06 bits per heavy atom. The van der Waals surface area contributed by atoms with E-state index < -0.39 is 0 Å². The quantitative estimate of drug-likeness (QED) is 0.876. The van der Waals surface area contributed by atoms with Crippen LogP contribution in [-0.2, 0) is 0 Å². The van der Waals surface area contributed by atoms with Crippen LogP contribution in [0.5, 0.6) is 0 Å². The molecule has 3 heteroatoms. The fourth-order valence-corrected chi connectivity index (χ4v) is 2.12. The molecule has 1 heterocycles. The van der Waals surface area contributed by atoms with Gasteiger partial charge in [-0.15, -0.1) is 0 Å². The number of rotatable bonds is 3. The van der Waals surface area contributed by atoms with Crippen LogP contribution < -0.4 is 5.32 Å². The molecule has 1 N–H and O–H groups in total. The minimum atomic E-state index is -0.253. The summed E-state index contributed by atoms with van der Waals surface area (Å²) in [4.78, 5) is 4.46. The fraction of sp³-hybridized carbons (Fsp3) is 0.400. The van der Waals surface area contributed by atoms with Crippen molar-refractivity contribution in [2.45, 2.75) is 33.6 Å². The Balaban J connectivity index is 2.80. The van der Waals surface area contributed by atoms with Gasteiger partial charge in [0.2, 0.25) is 0 Å². The maximum Gasteiger partial charge on any atom is 0.149 e. The zero-order valence-electron chi connectivity index (χ0n) is 11.3. The molecule has 0 unspecified atom stereocenters. The van der Waals surface area contributed by atoms with Crippen LogP contribution in [0.1, 0.15) is 37.9 Å². The summed E-state index contributed by atoms with van der Waals surface area (Å²) in [5, 5.41) is 4.20. The van der Waals surface area contributed by atoms with Crippen molar-refractivity contribution in [2.24, 2.45) is 0 Å². The smallest absolute Gasteiger partial charge is 0.149 e. The summed E-state index contributed by atoms with van der Waals surface area (Å²) in [6.07, 6.45) is 0. The van der Waals surface area contributed by atoms with Gasteiger partial charge < -0.3 is 5.32 Å². The van der Waals surface area contributed by atoms with E-state index >= 15 is 0 Å². The number of benzene rings is 1. The van der Waals surface area contributed by atoms with Crippen molar-refractivity contribution in [1.29, 1.82) is 0 Å². The van der Waals surface area contributed by atoms with E-state index in [0.717, 1.165) is 28.9 Å². The van der Waals surface area contributed by atoms with Gasteiger partial charge in [0.1, 0.15) is 11.3 Å². The van der Waals surface area contributed by atoms with Crippen LogP contribution in [0.3, 0.4) is 0 Å². The molecule has 2 nitrogen and oxygen atoms in total. The Morgan fingerprint density at radius 3 is 2.67 bits per heavy atom. The minimum Gasteiger partial charge on any atom is -0.385 e. The Labute approximate surface area is 107 Å². The Kier molecular flexibility index (Phi) is 3.50. The standard InChI is InChI=1S/C15H19FN2/c1-5-17-13-8-12(9(2)3)18-15-11(16)7-6-10(4)14(13)15/h6-9H,5H2,1-4H3,(H,17,18). The molecule has 0 aliphatic carbocycles. The molecule has 0 amide bonds. The van der Waals surface area contributed by atoms with Crippen molar-refractivity contribution < 1.29 is 4.39 Å². The first-order valence-corrected chi connectivity index (χ1v) is 6.38. The number of halogens is 1. The number of aryl methyl sites for hydroxylation is 1. The van der Waals surface area contributed by atoms with Crippen molar-refractivity contribution in [3.8, 4) is 0 Å². The van der Waals surface area contributed by atoms with Gasteiger partial charge in [0.05, 0.1) is 0 Å². The number of aromatic nitrogens is 1. The predicted molar refractivity (Wildman–Crippen MR) is 74.7 cm³/mol. The normalized spacial score (nSPS) is 11.2. The van der Waals surface area contributed by atoms with E-state index in [9.17, 15) is 4.39 Å². The van der Waals surface area contributed by atoms with Crippen LogP contribution in [0.25, 0.3) is 10.9 Å². The number of hydrogen-bond donors (Lipinski definition) is 1. The van der Waals surface area contributed by atoms with Crippen LogP contribution in [-0.4, -0.2) is 11.5 Å². The third-order valence-electron chi connectivity index (χ3n) is 3.10. The van der Waals surface area contributed by atoms with E-state index in [1.54, 1.807) is 6.07 Å². The third kappa shape index (κ3) is 2.17. The summed E-state index contributed by atoms with van der Waals surface area (Å²) < 4.78 is 13.9. The van der Waals surface area contributed by atoms with Gasteiger partial charge in [-0.3, -0.25) is 0 Å². The lowest BCUT2D eigenvalue weighted by atomic mass is 10.0. The van der Waals surface area contributed by atoms with Gasteiger partial charge in [0.25, 0.3) is 0 Å². The van der Waals surface area contributed by atoms with Gasteiger partial charge in [-0.25, -0.2) is 9.37 Å². The first-order valence-electron chi connectivity index (χ1n) is 6.38. The molecule has 2 rings (SSSR count). The van der Waals surface area contributed by atoms with Crippen molar-refractivity contribution in [1.82, 2.24) is 4.98 Å². The second kappa shape index (κ2) is 4.92. The molecule has 1 aromatic heterocycles. The average molecular weight is 246 g/mol. The molecule has 1 aromatic carbocycles. The zero-order valence-corrected chi connectivity index (χ0v) is 11.3. The lowest BCUT2D eigenvalue weighted by molar-refractivity contribution is 0.635. The number of nitrogens with one attached hydrogen (secondary N) is 1. The maximum absolute atomic E-state index is 13.9. The van der Waals surface area contributed by atoms with Gasteiger partial charge in [0.15, 0.2) is 0 Å². The van der Waals surface area contributed by atoms with E-state index in [2.05, 4.69) is 24.1 Å². The Hall–Kier alpha value is -1.64. The molecule has 0 atom stereocenters. The lowest BCUT2D eigenvalue weighted by Gasteiger charge is -2.14. The highest BCUT2D eigenvalue weighted by molar-refractivity contribution is 5.94. The maximum atomic E-state index is 13.9. The predicted octanol–water partition coefficient (Wildman–Crippen LogP) is 4.24. The van der Waals surface area contributed by atoms with Crippen LogP contribution in [0, 0.1) is 12.7 Å². The Bertz CT molecular complexity index is 576. The van der Waals surface area contributed by atoms with Crippen molar-refractivity contribution in [3.63, 3.8) is 0 Å². The molecule has 0 bridgehead atoms. The molecule has 0 saturated carbocycles. The molecular weight excluding hydrogens is 227 g/mol.